The Bertz CT molecular complexity index is 231. The quantitative estimate of drug-likeness (QED) is 0.815. The van der Waals surface area contributed by atoms with Gasteiger partial charge in [-0.3, -0.25) is 0 Å². The minimum absolute atomic E-state index is 0.496. The molecule has 2 heteroatoms. The van der Waals surface area contributed by atoms with Gasteiger partial charge in [0.15, 0.2) is 0 Å². The fourth-order valence-electron chi connectivity index (χ4n) is 3.88. The molecule has 1 aliphatic carbocycles. The lowest BCUT2D eigenvalue weighted by molar-refractivity contribution is 0.0677. The Labute approximate surface area is 107 Å². The van der Waals surface area contributed by atoms with Crippen molar-refractivity contribution in [1.29, 1.82) is 0 Å². The third-order valence-corrected chi connectivity index (χ3v) is 5.37. The minimum Gasteiger partial charge on any atom is -0.327 e. The monoisotopic (exact) mass is 238 g/mol. The molecule has 1 heterocycles. The van der Waals surface area contributed by atoms with Gasteiger partial charge in [-0.15, -0.1) is 0 Å². The minimum atomic E-state index is 0.496. The van der Waals surface area contributed by atoms with Gasteiger partial charge in [-0.1, -0.05) is 26.2 Å². The zero-order chi connectivity index (χ0) is 12.3. The molecule has 0 radical (unpaired) electrons. The van der Waals surface area contributed by atoms with Crippen molar-refractivity contribution in [2.45, 2.75) is 77.3 Å². The van der Waals surface area contributed by atoms with E-state index in [1.165, 1.54) is 64.5 Å². The number of hydrogen-bond acceptors (Lipinski definition) is 2. The fourth-order valence-corrected chi connectivity index (χ4v) is 3.88. The molecule has 2 rings (SSSR count). The lowest BCUT2D eigenvalue weighted by Crippen LogP contribution is -2.49. The second kappa shape index (κ2) is 5.71. The number of rotatable bonds is 4. The first-order valence-electron chi connectivity index (χ1n) is 7.67. The summed E-state index contributed by atoms with van der Waals surface area (Å²) in [4.78, 5) is 2.70. The molecule has 0 aromatic carbocycles. The smallest absolute Gasteiger partial charge is 0.00965 e. The Morgan fingerprint density at radius 3 is 2.53 bits per heavy atom. The average Bonchev–Trinajstić information content (AvgIpc) is 2.69. The summed E-state index contributed by atoms with van der Waals surface area (Å²) in [7, 11) is 0. The van der Waals surface area contributed by atoms with Crippen LogP contribution in [0.25, 0.3) is 0 Å². The molecule has 0 aromatic rings. The molecule has 1 aliphatic heterocycles. The van der Waals surface area contributed by atoms with Crippen LogP contribution in [0.2, 0.25) is 0 Å². The van der Waals surface area contributed by atoms with Crippen LogP contribution in [0.15, 0.2) is 0 Å². The first kappa shape index (κ1) is 13.4. The summed E-state index contributed by atoms with van der Waals surface area (Å²) in [6.45, 7) is 7.27. The third kappa shape index (κ3) is 2.85. The van der Waals surface area contributed by atoms with Crippen molar-refractivity contribution in [3.8, 4) is 0 Å². The maximum atomic E-state index is 6.33. The van der Waals surface area contributed by atoms with E-state index in [0.717, 1.165) is 6.04 Å². The molecule has 1 unspecified atom stereocenters. The highest BCUT2D eigenvalue weighted by molar-refractivity contribution is 4.98. The van der Waals surface area contributed by atoms with Crippen LogP contribution in [0.3, 0.4) is 0 Å². The Morgan fingerprint density at radius 2 is 2.00 bits per heavy atom. The first-order chi connectivity index (χ1) is 8.18. The van der Waals surface area contributed by atoms with Gasteiger partial charge in [0.05, 0.1) is 0 Å². The van der Waals surface area contributed by atoms with E-state index >= 15 is 0 Å². The maximum absolute atomic E-state index is 6.33. The van der Waals surface area contributed by atoms with E-state index in [-0.39, 0.29) is 0 Å². The van der Waals surface area contributed by atoms with Crippen LogP contribution in [0, 0.1) is 5.41 Å². The van der Waals surface area contributed by atoms with Crippen LogP contribution in [0.4, 0.5) is 0 Å². The van der Waals surface area contributed by atoms with E-state index in [1.54, 1.807) is 0 Å². The number of hydrogen-bond donors (Lipinski definition) is 1. The number of likely N-dealkylation sites (tertiary alicyclic amines) is 1. The van der Waals surface area contributed by atoms with Gasteiger partial charge in [0, 0.05) is 12.1 Å². The highest BCUT2D eigenvalue weighted by Crippen LogP contribution is 2.45. The molecule has 0 bridgehead atoms. The zero-order valence-electron chi connectivity index (χ0n) is 11.8. The van der Waals surface area contributed by atoms with E-state index < -0.39 is 0 Å². The summed E-state index contributed by atoms with van der Waals surface area (Å²) < 4.78 is 0. The largest absolute Gasteiger partial charge is 0.327 e. The van der Waals surface area contributed by atoms with Crippen LogP contribution in [-0.2, 0) is 0 Å². The Kier molecular flexibility index (Phi) is 4.48. The molecule has 2 fully saturated rings. The Hall–Kier alpha value is -0.0800. The molecule has 17 heavy (non-hydrogen) atoms. The van der Waals surface area contributed by atoms with Gasteiger partial charge in [0.25, 0.3) is 0 Å². The maximum Gasteiger partial charge on any atom is 0.00965 e. The van der Waals surface area contributed by atoms with Crippen LogP contribution in [0.5, 0.6) is 0 Å². The van der Waals surface area contributed by atoms with E-state index in [9.17, 15) is 0 Å². The van der Waals surface area contributed by atoms with Crippen molar-refractivity contribution < 1.29 is 0 Å². The molecular formula is C15H30N2. The summed E-state index contributed by atoms with van der Waals surface area (Å²) in [5.74, 6) is 0. The number of piperidine rings is 1. The normalized spacial score (nSPS) is 30.9. The highest BCUT2D eigenvalue weighted by Gasteiger charge is 2.43. The first-order valence-corrected chi connectivity index (χ1v) is 7.67. The molecule has 1 saturated heterocycles. The SMILES string of the molecule is CCCCC(C)N1CCC2(CCC[C@H]2N)CC1. The molecule has 1 spiro atoms. The van der Waals surface area contributed by atoms with Crippen molar-refractivity contribution in [3.63, 3.8) is 0 Å². The molecule has 2 N–H and O–H groups in total. The lowest BCUT2D eigenvalue weighted by atomic mass is 9.74. The summed E-state index contributed by atoms with van der Waals surface area (Å²) in [5.41, 5.74) is 6.86. The highest BCUT2D eigenvalue weighted by atomic mass is 15.2. The lowest BCUT2D eigenvalue weighted by Gasteiger charge is -2.44. The van der Waals surface area contributed by atoms with E-state index in [1.807, 2.05) is 0 Å². The van der Waals surface area contributed by atoms with Crippen molar-refractivity contribution in [2.24, 2.45) is 11.1 Å². The van der Waals surface area contributed by atoms with Gasteiger partial charge in [0.1, 0.15) is 0 Å². The van der Waals surface area contributed by atoms with Crippen LogP contribution >= 0.6 is 0 Å². The molecule has 0 aromatic heterocycles. The average molecular weight is 238 g/mol. The van der Waals surface area contributed by atoms with Crippen LogP contribution in [0.1, 0.15) is 65.2 Å². The van der Waals surface area contributed by atoms with Gasteiger partial charge in [-0.05, 0) is 57.5 Å². The Morgan fingerprint density at radius 1 is 1.29 bits per heavy atom. The molecule has 0 amide bonds. The van der Waals surface area contributed by atoms with Crippen molar-refractivity contribution in [3.05, 3.63) is 0 Å². The van der Waals surface area contributed by atoms with Gasteiger partial charge < -0.3 is 10.6 Å². The van der Waals surface area contributed by atoms with Gasteiger partial charge in [0.2, 0.25) is 0 Å². The molecule has 100 valence electrons. The van der Waals surface area contributed by atoms with Crippen molar-refractivity contribution in [1.82, 2.24) is 4.90 Å². The summed E-state index contributed by atoms with van der Waals surface area (Å²) in [6, 6.07) is 1.28. The third-order valence-electron chi connectivity index (χ3n) is 5.37. The van der Waals surface area contributed by atoms with Crippen molar-refractivity contribution >= 4 is 0 Å². The second-order valence-corrected chi connectivity index (χ2v) is 6.39. The summed E-state index contributed by atoms with van der Waals surface area (Å²) in [5, 5.41) is 0. The van der Waals surface area contributed by atoms with Gasteiger partial charge >= 0.3 is 0 Å². The molecule has 2 atom stereocenters. The van der Waals surface area contributed by atoms with Gasteiger partial charge in [-0.2, -0.15) is 0 Å². The van der Waals surface area contributed by atoms with E-state index in [2.05, 4.69) is 18.7 Å². The topological polar surface area (TPSA) is 29.3 Å². The number of nitrogens with zero attached hydrogens (tertiary/aromatic N) is 1. The molecule has 2 nitrogen and oxygen atoms in total. The van der Waals surface area contributed by atoms with E-state index in [0.29, 0.717) is 11.5 Å². The van der Waals surface area contributed by atoms with Crippen LogP contribution < -0.4 is 5.73 Å². The van der Waals surface area contributed by atoms with Crippen LogP contribution in [-0.4, -0.2) is 30.1 Å². The molecule has 2 aliphatic rings. The Balaban J connectivity index is 1.81. The molecular weight excluding hydrogens is 208 g/mol. The molecule has 1 saturated carbocycles. The van der Waals surface area contributed by atoms with Gasteiger partial charge in [-0.25, -0.2) is 0 Å². The predicted octanol–water partition coefficient (Wildman–Crippen LogP) is 3.16. The summed E-state index contributed by atoms with van der Waals surface area (Å²) >= 11 is 0. The zero-order valence-corrected chi connectivity index (χ0v) is 11.8. The standard InChI is InChI=1S/C15H30N2/c1-3-4-6-13(2)17-11-9-15(10-12-17)8-5-7-14(15)16/h13-14H,3-12,16H2,1-2H3/t13?,14-/m1/s1. The predicted molar refractivity (Wildman–Crippen MR) is 74.1 cm³/mol. The second-order valence-electron chi connectivity index (χ2n) is 6.39. The van der Waals surface area contributed by atoms with Crippen molar-refractivity contribution in [2.75, 3.05) is 13.1 Å². The fraction of sp³-hybridized carbons (Fsp3) is 1.00. The summed E-state index contributed by atoms with van der Waals surface area (Å²) in [6.07, 6.45) is 10.8. The van der Waals surface area contributed by atoms with E-state index in [4.69, 9.17) is 5.73 Å². The number of nitrogens with two attached hydrogens (primary N) is 1. The number of unbranched alkanes of at least 4 members (excludes halogenated alkanes) is 1.